The van der Waals surface area contributed by atoms with Crippen LogP contribution in [0.2, 0.25) is 0 Å². The molecule has 42 heavy (non-hydrogen) atoms. The molecule has 4 saturated carbocycles. The Hall–Kier alpha value is -1.59. The molecule has 0 aromatic heterocycles. The van der Waals surface area contributed by atoms with Crippen LogP contribution in [0.25, 0.3) is 0 Å². The van der Waals surface area contributed by atoms with Crippen molar-refractivity contribution in [3.8, 4) is 0 Å². The van der Waals surface area contributed by atoms with Crippen molar-refractivity contribution in [3.63, 3.8) is 0 Å². The fourth-order valence-electron chi connectivity index (χ4n) is 10.3. The zero-order valence-corrected chi connectivity index (χ0v) is 28.0. The average molecular weight is 589 g/mol. The fourth-order valence-corrected chi connectivity index (χ4v) is 10.3. The van der Waals surface area contributed by atoms with Gasteiger partial charge in [-0.2, -0.15) is 0 Å². The highest BCUT2D eigenvalue weighted by Gasteiger charge is 2.60. The topological polar surface area (TPSA) is 78.9 Å². The van der Waals surface area contributed by atoms with E-state index in [1.165, 1.54) is 71.6 Å². The molecule has 3 unspecified atom stereocenters. The molecule has 6 heteroatoms. The highest BCUT2D eigenvalue weighted by Crippen LogP contribution is 2.68. The Balaban J connectivity index is 1.38. The van der Waals surface area contributed by atoms with E-state index in [1.54, 1.807) is 6.92 Å². The summed E-state index contributed by atoms with van der Waals surface area (Å²) in [5.74, 6) is 4.18. The quantitative estimate of drug-likeness (QED) is 0.179. The molecule has 0 aromatic rings. The monoisotopic (exact) mass is 588 g/mol. The van der Waals surface area contributed by atoms with Gasteiger partial charge in [0.15, 0.2) is 0 Å². The van der Waals surface area contributed by atoms with Gasteiger partial charge in [0.25, 0.3) is 0 Å². The third-order valence-corrected chi connectivity index (χ3v) is 12.8. The van der Waals surface area contributed by atoms with Gasteiger partial charge in [0, 0.05) is 13.8 Å². The van der Waals surface area contributed by atoms with E-state index in [9.17, 15) is 14.4 Å². The summed E-state index contributed by atoms with van der Waals surface area (Å²) in [6.45, 7) is 16.4. The minimum Gasteiger partial charge on any atom is -0.465 e. The van der Waals surface area contributed by atoms with E-state index in [4.69, 9.17) is 14.2 Å². The number of hydrogen-bond donors (Lipinski definition) is 0. The molecule has 6 nitrogen and oxygen atoms in total. The molecule has 0 amide bonds. The highest BCUT2D eigenvalue weighted by atomic mass is 16.6. The van der Waals surface area contributed by atoms with Gasteiger partial charge in [0.1, 0.15) is 24.7 Å². The lowest BCUT2D eigenvalue weighted by molar-refractivity contribution is -0.181. The standard InChI is InChI=1S/C36H60O6/c1-23(2)10-9-11-24(3)30-14-15-31-29-13-12-27-20-28(16-18-35(27,7)32(29)17-19-36(30,31)8)42-33(39)34(6,21-40-25(4)37)22-41-26(5)38/h23-24,27-32H,9-22H2,1-8H3/t24-,27-,28+,29?,30-,31?,32?,35+,36-/m1/s1. The zero-order valence-electron chi connectivity index (χ0n) is 28.0. The average Bonchev–Trinajstić information content (AvgIpc) is 3.28. The van der Waals surface area contributed by atoms with Crippen molar-refractivity contribution < 1.29 is 28.6 Å². The highest BCUT2D eigenvalue weighted by molar-refractivity contribution is 5.78. The van der Waals surface area contributed by atoms with E-state index < -0.39 is 23.3 Å². The molecular formula is C36H60O6. The summed E-state index contributed by atoms with van der Waals surface area (Å²) in [5.41, 5.74) is -0.399. The van der Waals surface area contributed by atoms with Gasteiger partial charge in [-0.15, -0.1) is 0 Å². The summed E-state index contributed by atoms with van der Waals surface area (Å²) in [5, 5.41) is 0. The molecule has 0 aliphatic heterocycles. The Labute approximate surface area is 255 Å². The van der Waals surface area contributed by atoms with E-state index in [0.29, 0.717) is 16.7 Å². The van der Waals surface area contributed by atoms with Gasteiger partial charge in [0.2, 0.25) is 0 Å². The summed E-state index contributed by atoms with van der Waals surface area (Å²) in [6, 6.07) is 0. The number of rotatable bonds is 11. The number of carbonyl (C=O) groups excluding carboxylic acids is 3. The summed E-state index contributed by atoms with van der Waals surface area (Å²) in [7, 11) is 0. The number of esters is 3. The van der Waals surface area contributed by atoms with Gasteiger partial charge in [-0.05, 0) is 117 Å². The number of carbonyl (C=O) groups is 3. The largest absolute Gasteiger partial charge is 0.465 e. The first-order chi connectivity index (χ1) is 19.7. The molecule has 9 atom stereocenters. The second-order valence-corrected chi connectivity index (χ2v) is 16.1. The second kappa shape index (κ2) is 13.2. The predicted molar refractivity (Wildman–Crippen MR) is 164 cm³/mol. The maximum atomic E-state index is 13.4. The molecular weight excluding hydrogens is 528 g/mol. The lowest BCUT2D eigenvalue weighted by atomic mass is 9.44. The molecule has 0 saturated heterocycles. The summed E-state index contributed by atoms with van der Waals surface area (Å²) in [6.07, 6.45) is 15.0. The van der Waals surface area contributed by atoms with Crippen LogP contribution in [-0.4, -0.2) is 37.2 Å². The summed E-state index contributed by atoms with van der Waals surface area (Å²) in [4.78, 5) is 36.3. The van der Waals surface area contributed by atoms with E-state index in [-0.39, 0.29) is 19.3 Å². The first-order valence-electron chi connectivity index (χ1n) is 17.2. The second-order valence-electron chi connectivity index (χ2n) is 16.1. The van der Waals surface area contributed by atoms with E-state index >= 15 is 0 Å². The molecule has 4 rings (SSSR count). The summed E-state index contributed by atoms with van der Waals surface area (Å²) < 4.78 is 16.4. The molecule has 0 N–H and O–H groups in total. The van der Waals surface area contributed by atoms with Gasteiger partial charge >= 0.3 is 17.9 Å². The van der Waals surface area contributed by atoms with Crippen LogP contribution >= 0.6 is 0 Å². The van der Waals surface area contributed by atoms with Gasteiger partial charge in [-0.25, -0.2) is 0 Å². The van der Waals surface area contributed by atoms with Crippen LogP contribution in [0.1, 0.15) is 132 Å². The van der Waals surface area contributed by atoms with Crippen LogP contribution < -0.4 is 0 Å². The molecule has 0 radical (unpaired) electrons. The number of fused-ring (bicyclic) bond motifs is 5. The number of ether oxygens (including phenoxy) is 3. The van der Waals surface area contributed by atoms with Gasteiger partial charge in [-0.1, -0.05) is 53.9 Å². The molecule has 0 bridgehead atoms. The molecule has 4 aliphatic carbocycles. The van der Waals surface area contributed by atoms with Crippen molar-refractivity contribution >= 4 is 17.9 Å². The molecule has 4 fully saturated rings. The van der Waals surface area contributed by atoms with Crippen LogP contribution in [-0.2, 0) is 28.6 Å². The lowest BCUT2D eigenvalue weighted by Crippen LogP contribution is -2.54. The Morgan fingerprint density at radius 1 is 0.810 bits per heavy atom. The van der Waals surface area contributed by atoms with Crippen LogP contribution in [0.15, 0.2) is 0 Å². The SMILES string of the molecule is CC(=O)OCC(C)(COC(C)=O)C(=O)O[C@H]1CC[C@]2(C)C3CC[C@@]4(C)C(CC[C@@H]4[C@H](C)CCCC(C)C)C3CC[C@@H]2C1. The zero-order chi connectivity index (χ0) is 30.9. The number of hydrogen-bond acceptors (Lipinski definition) is 6. The molecule has 0 spiro atoms. The first-order valence-corrected chi connectivity index (χ1v) is 17.2. The maximum Gasteiger partial charge on any atom is 0.319 e. The Kier molecular flexibility index (Phi) is 10.5. The van der Waals surface area contributed by atoms with E-state index in [2.05, 4.69) is 34.6 Å². The minimum atomic E-state index is -1.21. The smallest absolute Gasteiger partial charge is 0.319 e. The van der Waals surface area contributed by atoms with Crippen LogP contribution in [0.3, 0.4) is 0 Å². The van der Waals surface area contributed by atoms with Crippen LogP contribution in [0, 0.1) is 57.7 Å². The Morgan fingerprint density at radius 2 is 1.43 bits per heavy atom. The summed E-state index contributed by atoms with van der Waals surface area (Å²) >= 11 is 0. The van der Waals surface area contributed by atoms with Crippen molar-refractivity contribution in [2.45, 2.75) is 139 Å². The van der Waals surface area contributed by atoms with Crippen LogP contribution in [0.4, 0.5) is 0 Å². The first kappa shape index (κ1) is 33.3. The third kappa shape index (κ3) is 6.88. The lowest BCUT2D eigenvalue weighted by Gasteiger charge is -2.61. The minimum absolute atomic E-state index is 0.141. The Bertz CT molecular complexity index is 956. The predicted octanol–water partition coefficient (Wildman–Crippen LogP) is 8.15. The van der Waals surface area contributed by atoms with Crippen LogP contribution in [0.5, 0.6) is 0 Å². The molecule has 0 heterocycles. The van der Waals surface area contributed by atoms with E-state index in [1.807, 2.05) is 0 Å². The van der Waals surface area contributed by atoms with Crippen molar-refractivity contribution in [1.29, 1.82) is 0 Å². The van der Waals surface area contributed by atoms with E-state index in [0.717, 1.165) is 54.8 Å². The molecule has 240 valence electrons. The normalized spacial score (nSPS) is 36.8. The van der Waals surface area contributed by atoms with Gasteiger partial charge in [0.05, 0.1) is 0 Å². The Morgan fingerprint density at radius 3 is 2.05 bits per heavy atom. The van der Waals surface area contributed by atoms with Gasteiger partial charge < -0.3 is 14.2 Å². The van der Waals surface area contributed by atoms with Crippen molar-refractivity contribution in [3.05, 3.63) is 0 Å². The molecule has 4 aliphatic rings. The van der Waals surface area contributed by atoms with Gasteiger partial charge in [-0.3, -0.25) is 14.4 Å². The van der Waals surface area contributed by atoms with Crippen molar-refractivity contribution in [1.82, 2.24) is 0 Å². The fraction of sp³-hybridized carbons (Fsp3) is 0.917. The molecule has 0 aromatic carbocycles. The maximum absolute atomic E-state index is 13.4. The van der Waals surface area contributed by atoms with Crippen molar-refractivity contribution in [2.75, 3.05) is 13.2 Å². The third-order valence-electron chi connectivity index (χ3n) is 12.8. The van der Waals surface area contributed by atoms with Crippen molar-refractivity contribution in [2.24, 2.45) is 57.7 Å².